The van der Waals surface area contributed by atoms with E-state index in [1.165, 1.54) is 29.5 Å². The molecule has 19 heavy (non-hydrogen) atoms. The van der Waals surface area contributed by atoms with Crippen LogP contribution in [0.25, 0.3) is 0 Å². The molecule has 2 aromatic rings. The summed E-state index contributed by atoms with van der Waals surface area (Å²) in [4.78, 5) is 0.772. The van der Waals surface area contributed by atoms with Crippen LogP contribution in [0.1, 0.15) is 16.5 Å². The van der Waals surface area contributed by atoms with E-state index >= 15 is 0 Å². The Morgan fingerprint density at radius 3 is 2.53 bits per heavy atom. The fourth-order valence-corrected chi connectivity index (χ4v) is 2.66. The molecule has 0 bridgehead atoms. The Balaban J connectivity index is 2.23. The number of rotatable bonds is 3. The number of thiophene rings is 1. The molecule has 2 nitrogen and oxygen atoms in total. The lowest BCUT2D eigenvalue weighted by Crippen LogP contribution is -2.17. The van der Waals surface area contributed by atoms with Crippen molar-refractivity contribution in [3.05, 3.63) is 51.2 Å². The first kappa shape index (κ1) is 14.2. The third kappa shape index (κ3) is 3.86. The summed E-state index contributed by atoms with van der Waals surface area (Å²) in [6, 6.07) is 8.50. The summed E-state index contributed by atoms with van der Waals surface area (Å²) in [5, 5.41) is 0. The average Bonchev–Trinajstić information content (AvgIpc) is 2.73. The summed E-state index contributed by atoms with van der Waals surface area (Å²) < 4.78 is 40.8. The molecule has 0 amide bonds. The maximum Gasteiger partial charge on any atom is 0.573 e. The molecule has 1 heterocycles. The third-order valence-corrected chi connectivity index (χ3v) is 3.67. The van der Waals surface area contributed by atoms with Crippen molar-refractivity contribution in [1.29, 1.82) is 0 Å². The Bertz CT molecular complexity index is 570. The standard InChI is InChI=1S/C12H9ClF3NOS/c13-10-5-4-9(19-10)11(17)7-2-1-3-8(6-7)18-12(14,15)16/h1-6,11H,17H2. The van der Waals surface area contributed by atoms with Gasteiger partial charge in [0.25, 0.3) is 0 Å². The predicted molar refractivity (Wildman–Crippen MR) is 68.5 cm³/mol. The van der Waals surface area contributed by atoms with Gasteiger partial charge in [0.05, 0.1) is 10.4 Å². The molecule has 2 rings (SSSR count). The van der Waals surface area contributed by atoms with Gasteiger partial charge in [0.1, 0.15) is 5.75 Å². The molecule has 2 N–H and O–H groups in total. The highest BCUT2D eigenvalue weighted by atomic mass is 35.5. The van der Waals surface area contributed by atoms with Gasteiger partial charge in [-0.15, -0.1) is 24.5 Å². The number of hydrogen-bond donors (Lipinski definition) is 1. The molecule has 0 aliphatic carbocycles. The second-order valence-corrected chi connectivity index (χ2v) is 5.49. The number of hydrogen-bond acceptors (Lipinski definition) is 3. The Kier molecular flexibility index (Phi) is 4.03. The van der Waals surface area contributed by atoms with Gasteiger partial charge >= 0.3 is 6.36 Å². The van der Waals surface area contributed by atoms with Crippen molar-refractivity contribution in [2.24, 2.45) is 5.73 Å². The first-order chi connectivity index (χ1) is 8.85. The molecule has 1 atom stereocenters. The third-order valence-electron chi connectivity index (χ3n) is 2.35. The lowest BCUT2D eigenvalue weighted by molar-refractivity contribution is -0.274. The minimum Gasteiger partial charge on any atom is -0.406 e. The van der Waals surface area contributed by atoms with Crippen molar-refractivity contribution in [3.63, 3.8) is 0 Å². The maximum atomic E-state index is 12.1. The molecule has 1 aromatic heterocycles. The van der Waals surface area contributed by atoms with Gasteiger partial charge in [0, 0.05) is 4.88 Å². The molecule has 0 aliphatic heterocycles. The SMILES string of the molecule is NC(c1cccc(OC(F)(F)F)c1)c1ccc(Cl)s1. The summed E-state index contributed by atoms with van der Waals surface area (Å²) in [6.45, 7) is 0. The van der Waals surface area contributed by atoms with Gasteiger partial charge in [0.2, 0.25) is 0 Å². The van der Waals surface area contributed by atoms with Crippen molar-refractivity contribution < 1.29 is 17.9 Å². The molecule has 102 valence electrons. The minimum atomic E-state index is -4.71. The number of alkyl halides is 3. The Morgan fingerprint density at radius 1 is 1.21 bits per heavy atom. The van der Waals surface area contributed by atoms with E-state index in [2.05, 4.69) is 4.74 Å². The molecule has 0 spiro atoms. The number of halogens is 4. The van der Waals surface area contributed by atoms with Crippen LogP contribution in [0.4, 0.5) is 13.2 Å². The van der Waals surface area contributed by atoms with Crippen molar-refractivity contribution >= 4 is 22.9 Å². The first-order valence-corrected chi connectivity index (χ1v) is 6.41. The topological polar surface area (TPSA) is 35.2 Å². The molecule has 7 heteroatoms. The zero-order chi connectivity index (χ0) is 14.0. The highest BCUT2D eigenvalue weighted by Gasteiger charge is 2.31. The minimum absolute atomic E-state index is 0.289. The summed E-state index contributed by atoms with van der Waals surface area (Å²) in [6.07, 6.45) is -4.71. The van der Waals surface area contributed by atoms with Gasteiger partial charge in [0.15, 0.2) is 0 Å². The van der Waals surface area contributed by atoms with Crippen LogP contribution in [0.15, 0.2) is 36.4 Å². The van der Waals surface area contributed by atoms with Crippen LogP contribution in [0.2, 0.25) is 4.34 Å². The van der Waals surface area contributed by atoms with E-state index in [4.69, 9.17) is 17.3 Å². The molecule has 0 saturated carbocycles. The number of benzene rings is 1. The molecule has 0 saturated heterocycles. The van der Waals surface area contributed by atoms with Gasteiger partial charge in [-0.1, -0.05) is 23.7 Å². The van der Waals surface area contributed by atoms with Crippen LogP contribution in [0, 0.1) is 0 Å². The number of ether oxygens (including phenoxy) is 1. The van der Waals surface area contributed by atoms with Gasteiger partial charge < -0.3 is 10.5 Å². The zero-order valence-corrected chi connectivity index (χ0v) is 11.0. The van der Waals surface area contributed by atoms with Crippen molar-refractivity contribution in [2.45, 2.75) is 12.4 Å². The Morgan fingerprint density at radius 2 is 1.95 bits per heavy atom. The lowest BCUT2D eigenvalue weighted by atomic mass is 10.1. The molecular weight excluding hydrogens is 299 g/mol. The normalized spacial score (nSPS) is 13.3. The zero-order valence-electron chi connectivity index (χ0n) is 9.45. The Hall–Kier alpha value is -1.24. The molecule has 0 aliphatic rings. The van der Waals surface area contributed by atoms with Crippen LogP contribution in [-0.4, -0.2) is 6.36 Å². The molecule has 1 aromatic carbocycles. The van der Waals surface area contributed by atoms with E-state index in [0.29, 0.717) is 9.90 Å². The first-order valence-electron chi connectivity index (χ1n) is 5.22. The fraction of sp³-hybridized carbons (Fsp3) is 0.167. The summed E-state index contributed by atoms with van der Waals surface area (Å²) in [5.41, 5.74) is 6.51. The fourth-order valence-electron chi connectivity index (χ4n) is 1.56. The number of nitrogens with two attached hydrogens (primary N) is 1. The van der Waals surface area contributed by atoms with Gasteiger partial charge in [-0.05, 0) is 29.8 Å². The molecular formula is C12H9ClF3NOS. The smallest absolute Gasteiger partial charge is 0.406 e. The lowest BCUT2D eigenvalue weighted by Gasteiger charge is -2.13. The van der Waals surface area contributed by atoms with E-state index in [9.17, 15) is 13.2 Å². The monoisotopic (exact) mass is 307 g/mol. The molecule has 0 radical (unpaired) electrons. The largest absolute Gasteiger partial charge is 0.573 e. The molecule has 0 fully saturated rings. The van der Waals surface area contributed by atoms with E-state index in [1.54, 1.807) is 18.2 Å². The highest BCUT2D eigenvalue weighted by molar-refractivity contribution is 7.16. The summed E-state index contributed by atoms with van der Waals surface area (Å²) >= 11 is 7.09. The average molecular weight is 308 g/mol. The van der Waals surface area contributed by atoms with E-state index in [1.807, 2.05) is 0 Å². The van der Waals surface area contributed by atoms with E-state index in [-0.39, 0.29) is 5.75 Å². The van der Waals surface area contributed by atoms with E-state index in [0.717, 1.165) is 4.88 Å². The van der Waals surface area contributed by atoms with E-state index < -0.39 is 12.4 Å². The van der Waals surface area contributed by atoms with Crippen molar-refractivity contribution in [2.75, 3.05) is 0 Å². The van der Waals surface area contributed by atoms with Crippen LogP contribution in [0.3, 0.4) is 0 Å². The quantitative estimate of drug-likeness (QED) is 0.915. The second kappa shape index (κ2) is 5.40. The predicted octanol–water partition coefficient (Wildman–Crippen LogP) is 4.35. The van der Waals surface area contributed by atoms with Crippen LogP contribution in [0.5, 0.6) is 5.75 Å². The van der Waals surface area contributed by atoms with Gasteiger partial charge in [-0.2, -0.15) is 0 Å². The highest BCUT2D eigenvalue weighted by Crippen LogP contribution is 2.31. The van der Waals surface area contributed by atoms with Crippen molar-refractivity contribution in [1.82, 2.24) is 0 Å². The second-order valence-electron chi connectivity index (χ2n) is 3.74. The summed E-state index contributed by atoms with van der Waals surface area (Å²) in [7, 11) is 0. The maximum absolute atomic E-state index is 12.1. The molecule has 1 unspecified atom stereocenters. The van der Waals surface area contributed by atoms with Gasteiger partial charge in [-0.25, -0.2) is 0 Å². The summed E-state index contributed by atoms with van der Waals surface area (Å²) in [5.74, 6) is -0.289. The van der Waals surface area contributed by atoms with Crippen molar-refractivity contribution in [3.8, 4) is 5.75 Å². The Labute approximate surface area is 116 Å². The van der Waals surface area contributed by atoms with Crippen LogP contribution < -0.4 is 10.5 Å². The van der Waals surface area contributed by atoms with Gasteiger partial charge in [-0.3, -0.25) is 0 Å². The van der Waals surface area contributed by atoms with Crippen LogP contribution in [-0.2, 0) is 0 Å². The van der Waals surface area contributed by atoms with Crippen LogP contribution >= 0.6 is 22.9 Å².